The van der Waals surface area contributed by atoms with Crippen LogP contribution < -0.4 is 9.64 Å². The molecule has 1 unspecified atom stereocenters. The molecular formula is C22H19ClN2O. The van der Waals surface area contributed by atoms with Crippen molar-refractivity contribution >= 4 is 38.9 Å². The molecule has 1 spiro atoms. The van der Waals surface area contributed by atoms with Crippen LogP contribution in [-0.4, -0.2) is 17.9 Å². The van der Waals surface area contributed by atoms with Gasteiger partial charge in [0.2, 0.25) is 5.72 Å². The third-order valence-electron chi connectivity index (χ3n) is 5.87. The molecule has 4 heteroatoms. The number of rotatable bonds is 0. The number of anilines is 1. The Hall–Kier alpha value is -2.52. The molecule has 0 bridgehead atoms. The zero-order chi connectivity index (χ0) is 18.1. The van der Waals surface area contributed by atoms with Crippen molar-refractivity contribution in [1.82, 2.24) is 0 Å². The third kappa shape index (κ3) is 1.71. The van der Waals surface area contributed by atoms with Gasteiger partial charge in [-0.1, -0.05) is 60.1 Å². The molecule has 26 heavy (non-hydrogen) atoms. The van der Waals surface area contributed by atoms with Gasteiger partial charge in [0.1, 0.15) is 11.4 Å². The lowest BCUT2D eigenvalue weighted by Gasteiger charge is -2.46. The zero-order valence-electron chi connectivity index (χ0n) is 15.0. The number of hydrogen-bond donors (Lipinski definition) is 0. The summed E-state index contributed by atoms with van der Waals surface area (Å²) in [6, 6.07) is 20.6. The molecule has 0 aliphatic carbocycles. The van der Waals surface area contributed by atoms with E-state index in [0.717, 1.165) is 27.9 Å². The first-order chi connectivity index (χ1) is 12.5. The van der Waals surface area contributed by atoms with Gasteiger partial charge in [0, 0.05) is 18.1 Å². The van der Waals surface area contributed by atoms with Gasteiger partial charge < -0.3 is 9.64 Å². The molecule has 0 saturated carbocycles. The molecule has 130 valence electrons. The smallest absolute Gasteiger partial charge is 0.246 e. The summed E-state index contributed by atoms with van der Waals surface area (Å²) in [6.45, 7) is 4.33. The van der Waals surface area contributed by atoms with Gasteiger partial charge in [0.25, 0.3) is 0 Å². The first-order valence-electron chi connectivity index (χ1n) is 8.75. The number of fused-ring (bicyclic) bond motifs is 4. The molecular weight excluding hydrogens is 344 g/mol. The molecule has 5 rings (SSSR count). The van der Waals surface area contributed by atoms with Crippen LogP contribution in [0.4, 0.5) is 11.4 Å². The van der Waals surface area contributed by atoms with Crippen molar-refractivity contribution < 1.29 is 4.74 Å². The Bertz CT molecular complexity index is 1090. The Morgan fingerprint density at radius 1 is 0.962 bits per heavy atom. The largest absolute Gasteiger partial charge is 0.458 e. The van der Waals surface area contributed by atoms with Crippen molar-refractivity contribution in [3.05, 3.63) is 66.2 Å². The van der Waals surface area contributed by atoms with Crippen LogP contribution in [0.3, 0.4) is 0 Å². The van der Waals surface area contributed by atoms with E-state index in [4.69, 9.17) is 21.3 Å². The standard InChI is InChI=1S/C22H19ClN2O/c1-21(2)16-10-6-7-11-17(16)25(3)22(21)20(23)24-19-15-9-5-4-8-14(15)12-13-18(19)26-22/h4-13H,1-3H3. The monoisotopic (exact) mass is 362 g/mol. The van der Waals surface area contributed by atoms with E-state index >= 15 is 0 Å². The van der Waals surface area contributed by atoms with Gasteiger partial charge in [0.05, 0.1) is 5.41 Å². The van der Waals surface area contributed by atoms with E-state index in [1.54, 1.807) is 0 Å². The zero-order valence-corrected chi connectivity index (χ0v) is 15.7. The molecule has 3 nitrogen and oxygen atoms in total. The minimum atomic E-state index is -0.853. The maximum absolute atomic E-state index is 6.86. The summed E-state index contributed by atoms with van der Waals surface area (Å²) in [5.41, 5.74) is 1.92. The summed E-state index contributed by atoms with van der Waals surface area (Å²) in [4.78, 5) is 6.97. The van der Waals surface area contributed by atoms with Crippen LogP contribution in [0.15, 0.2) is 65.7 Å². The van der Waals surface area contributed by atoms with Crippen molar-refractivity contribution in [2.24, 2.45) is 4.99 Å². The van der Waals surface area contributed by atoms with Gasteiger partial charge >= 0.3 is 0 Å². The average Bonchev–Trinajstić information content (AvgIpc) is 2.82. The maximum Gasteiger partial charge on any atom is 0.246 e. The van der Waals surface area contributed by atoms with Crippen LogP contribution >= 0.6 is 11.6 Å². The van der Waals surface area contributed by atoms with Gasteiger partial charge in [-0.05, 0) is 36.9 Å². The van der Waals surface area contributed by atoms with Crippen LogP contribution in [-0.2, 0) is 5.41 Å². The van der Waals surface area contributed by atoms with Crippen LogP contribution in [0.2, 0.25) is 0 Å². The lowest BCUT2D eigenvalue weighted by Crippen LogP contribution is -2.63. The lowest BCUT2D eigenvalue weighted by molar-refractivity contribution is 0.0804. The summed E-state index contributed by atoms with van der Waals surface area (Å²) in [5, 5.41) is 2.64. The Morgan fingerprint density at radius 2 is 1.69 bits per heavy atom. The van der Waals surface area contributed by atoms with Crippen LogP contribution in [0.1, 0.15) is 19.4 Å². The van der Waals surface area contributed by atoms with Crippen molar-refractivity contribution in [2.45, 2.75) is 25.0 Å². The number of para-hydroxylation sites is 1. The van der Waals surface area contributed by atoms with Crippen LogP contribution in [0.25, 0.3) is 10.8 Å². The maximum atomic E-state index is 6.86. The van der Waals surface area contributed by atoms with E-state index < -0.39 is 5.72 Å². The number of hydrogen-bond acceptors (Lipinski definition) is 3. The molecule has 0 radical (unpaired) electrons. The van der Waals surface area contributed by atoms with E-state index in [1.165, 1.54) is 5.56 Å². The Balaban J connectivity index is 1.77. The number of nitrogens with zero attached hydrogens (tertiary/aromatic N) is 2. The number of likely N-dealkylation sites (N-methyl/N-ethyl adjacent to an activating group) is 1. The van der Waals surface area contributed by atoms with Crippen molar-refractivity contribution in [3.63, 3.8) is 0 Å². The normalized spacial score (nSPS) is 22.8. The van der Waals surface area contributed by atoms with Crippen LogP contribution in [0.5, 0.6) is 5.75 Å². The highest BCUT2D eigenvalue weighted by atomic mass is 35.5. The highest BCUT2D eigenvalue weighted by Crippen LogP contribution is 2.56. The molecule has 2 aliphatic heterocycles. The first kappa shape index (κ1) is 15.7. The topological polar surface area (TPSA) is 24.8 Å². The van der Waals surface area contributed by atoms with Crippen LogP contribution in [0, 0.1) is 0 Å². The first-order valence-corrected chi connectivity index (χ1v) is 9.13. The second-order valence-corrected chi connectivity index (χ2v) is 7.84. The highest BCUT2D eigenvalue weighted by Gasteiger charge is 2.62. The predicted octanol–water partition coefficient (Wildman–Crippen LogP) is 5.62. The molecule has 2 aliphatic rings. The Morgan fingerprint density at radius 3 is 2.50 bits per heavy atom. The number of ether oxygens (including phenoxy) is 1. The second-order valence-electron chi connectivity index (χ2n) is 7.48. The summed E-state index contributed by atoms with van der Waals surface area (Å²) in [7, 11) is 2.03. The van der Waals surface area contributed by atoms with Gasteiger partial charge in [-0.25, -0.2) is 4.99 Å². The molecule has 0 aromatic heterocycles. The quantitative estimate of drug-likeness (QED) is 0.518. The van der Waals surface area contributed by atoms with Crippen molar-refractivity contribution in [2.75, 3.05) is 11.9 Å². The van der Waals surface area contributed by atoms with Gasteiger partial charge in [-0.2, -0.15) is 0 Å². The van der Waals surface area contributed by atoms with Crippen molar-refractivity contribution in [1.29, 1.82) is 0 Å². The van der Waals surface area contributed by atoms with Gasteiger partial charge in [-0.15, -0.1) is 0 Å². The fourth-order valence-corrected chi connectivity index (χ4v) is 4.95. The van der Waals surface area contributed by atoms with E-state index in [1.807, 2.05) is 31.3 Å². The Kier molecular flexibility index (Phi) is 3.03. The predicted molar refractivity (Wildman–Crippen MR) is 108 cm³/mol. The summed E-state index contributed by atoms with van der Waals surface area (Å²) < 4.78 is 6.67. The molecule has 1 atom stereocenters. The fraction of sp³-hybridized carbons (Fsp3) is 0.227. The number of benzene rings is 3. The minimum Gasteiger partial charge on any atom is -0.458 e. The van der Waals surface area contributed by atoms with Gasteiger partial charge in [-0.3, -0.25) is 0 Å². The lowest BCUT2D eigenvalue weighted by atomic mass is 9.77. The second kappa shape index (κ2) is 5.01. The number of halogens is 1. The summed E-state index contributed by atoms with van der Waals surface area (Å²) in [5.74, 6) is 0.765. The van der Waals surface area contributed by atoms with E-state index in [9.17, 15) is 0 Å². The molecule has 2 heterocycles. The van der Waals surface area contributed by atoms with Gasteiger partial charge in [0.15, 0.2) is 5.17 Å². The van der Waals surface area contributed by atoms with Crippen molar-refractivity contribution in [3.8, 4) is 5.75 Å². The average molecular weight is 363 g/mol. The molecule has 0 saturated heterocycles. The molecule has 3 aromatic carbocycles. The third-order valence-corrected chi connectivity index (χ3v) is 6.21. The number of aliphatic imine (C=N–C) groups is 1. The SMILES string of the molecule is CN1c2ccccc2C(C)(C)C12Oc1ccc3ccccc3c1N=C2Cl. The minimum absolute atomic E-state index is 0.359. The Labute approximate surface area is 157 Å². The van der Waals surface area contributed by atoms with E-state index in [-0.39, 0.29) is 5.41 Å². The molecule has 0 fully saturated rings. The highest BCUT2D eigenvalue weighted by molar-refractivity contribution is 6.68. The summed E-state index contributed by atoms with van der Waals surface area (Å²) in [6.07, 6.45) is 0. The van der Waals surface area contributed by atoms with E-state index in [2.05, 4.69) is 55.1 Å². The fourth-order valence-electron chi connectivity index (χ4n) is 4.47. The summed E-state index contributed by atoms with van der Waals surface area (Å²) >= 11 is 6.86. The molecule has 0 N–H and O–H groups in total. The van der Waals surface area contributed by atoms with E-state index in [0.29, 0.717) is 5.17 Å². The molecule has 3 aromatic rings. The molecule has 0 amide bonds.